The van der Waals surface area contributed by atoms with E-state index >= 15 is 0 Å². The van der Waals surface area contributed by atoms with E-state index < -0.39 is 17.5 Å². The lowest BCUT2D eigenvalue weighted by atomic mass is 9.98. The third-order valence-corrected chi connectivity index (χ3v) is 5.42. The lowest BCUT2D eigenvalue weighted by Crippen LogP contribution is -2.33. The van der Waals surface area contributed by atoms with Gasteiger partial charge in [0.05, 0.1) is 13.2 Å². The molecule has 1 amide bonds. The molecule has 0 aliphatic heterocycles. The van der Waals surface area contributed by atoms with E-state index in [0.29, 0.717) is 17.9 Å². The lowest BCUT2D eigenvalue weighted by Gasteiger charge is -2.20. The zero-order valence-corrected chi connectivity index (χ0v) is 18.0. The van der Waals surface area contributed by atoms with Crippen LogP contribution >= 0.6 is 0 Å². The van der Waals surface area contributed by atoms with Crippen molar-refractivity contribution in [1.82, 2.24) is 10.3 Å². The van der Waals surface area contributed by atoms with E-state index in [2.05, 4.69) is 10.3 Å². The van der Waals surface area contributed by atoms with Gasteiger partial charge in [-0.1, -0.05) is 54.6 Å². The Morgan fingerprint density at radius 1 is 0.939 bits per heavy atom. The summed E-state index contributed by atoms with van der Waals surface area (Å²) in [6.45, 7) is 0. The highest BCUT2D eigenvalue weighted by Crippen LogP contribution is 2.22. The minimum atomic E-state index is -0.487. The molecular formula is C27H23FN2O3. The molecule has 0 saturated heterocycles. The fraction of sp³-hybridized carbons (Fsp3) is 0.111. The van der Waals surface area contributed by atoms with Crippen LogP contribution in [0.4, 0.5) is 4.39 Å². The number of pyridine rings is 1. The number of carbonyl (C=O) groups excluding carboxylic acids is 1. The molecule has 0 spiro atoms. The van der Waals surface area contributed by atoms with Crippen LogP contribution in [-0.2, 0) is 6.42 Å². The fourth-order valence-electron chi connectivity index (χ4n) is 3.62. The average Bonchev–Trinajstić information content (AvgIpc) is 2.85. The Labute approximate surface area is 190 Å². The maximum atomic E-state index is 13.3. The van der Waals surface area contributed by atoms with Crippen LogP contribution in [0.15, 0.2) is 95.8 Å². The summed E-state index contributed by atoms with van der Waals surface area (Å²) in [5.41, 5.74) is 2.73. The van der Waals surface area contributed by atoms with Gasteiger partial charge in [-0.25, -0.2) is 4.39 Å². The Kier molecular flexibility index (Phi) is 6.64. The van der Waals surface area contributed by atoms with Crippen molar-refractivity contribution in [1.29, 1.82) is 0 Å². The molecule has 4 aromatic rings. The van der Waals surface area contributed by atoms with Crippen molar-refractivity contribution in [3.05, 3.63) is 124 Å². The van der Waals surface area contributed by atoms with Crippen LogP contribution in [0.1, 0.15) is 27.5 Å². The van der Waals surface area contributed by atoms with Gasteiger partial charge in [0.1, 0.15) is 17.1 Å². The molecule has 1 heterocycles. The van der Waals surface area contributed by atoms with Crippen molar-refractivity contribution >= 4 is 5.91 Å². The van der Waals surface area contributed by atoms with Crippen LogP contribution in [0.25, 0.3) is 11.3 Å². The van der Waals surface area contributed by atoms with E-state index in [-0.39, 0.29) is 11.4 Å². The number of nitrogens with one attached hydrogen (secondary N) is 2. The van der Waals surface area contributed by atoms with Gasteiger partial charge in [0, 0.05) is 5.69 Å². The number of halogens is 1. The Morgan fingerprint density at radius 2 is 1.64 bits per heavy atom. The summed E-state index contributed by atoms with van der Waals surface area (Å²) >= 11 is 0. The number of rotatable bonds is 7. The molecule has 0 aliphatic rings. The van der Waals surface area contributed by atoms with Gasteiger partial charge in [-0.05, 0) is 59.5 Å². The van der Waals surface area contributed by atoms with Gasteiger partial charge in [0.25, 0.3) is 11.5 Å². The summed E-state index contributed by atoms with van der Waals surface area (Å²) in [7, 11) is 1.58. The molecule has 0 aliphatic carbocycles. The molecule has 0 saturated carbocycles. The van der Waals surface area contributed by atoms with Crippen LogP contribution in [0, 0.1) is 5.82 Å². The molecule has 1 unspecified atom stereocenters. The molecule has 166 valence electrons. The largest absolute Gasteiger partial charge is 0.497 e. The maximum Gasteiger partial charge on any atom is 0.261 e. The highest BCUT2D eigenvalue weighted by Gasteiger charge is 2.19. The first-order valence-electron chi connectivity index (χ1n) is 10.5. The Hall–Kier alpha value is -4.19. The molecule has 2 N–H and O–H groups in total. The highest BCUT2D eigenvalue weighted by molar-refractivity contribution is 5.94. The Morgan fingerprint density at radius 3 is 2.27 bits per heavy atom. The SMILES string of the molecule is COc1ccc(C(Cc2ccc(F)cc2)NC(=O)c2ccc(-c3ccccc3)[nH]c2=O)cc1. The number of aromatic amines is 1. The van der Waals surface area contributed by atoms with E-state index in [1.54, 1.807) is 37.4 Å². The van der Waals surface area contributed by atoms with Crippen LogP contribution in [-0.4, -0.2) is 18.0 Å². The van der Waals surface area contributed by atoms with E-state index in [9.17, 15) is 14.0 Å². The summed E-state index contributed by atoms with van der Waals surface area (Å²) in [4.78, 5) is 28.5. The van der Waals surface area contributed by atoms with Gasteiger partial charge in [0.15, 0.2) is 0 Å². The molecule has 33 heavy (non-hydrogen) atoms. The van der Waals surface area contributed by atoms with Crippen molar-refractivity contribution in [2.24, 2.45) is 0 Å². The first kappa shape index (κ1) is 22.0. The number of hydrogen-bond donors (Lipinski definition) is 2. The molecule has 6 heteroatoms. The number of aromatic nitrogens is 1. The molecule has 5 nitrogen and oxygen atoms in total. The third kappa shape index (κ3) is 5.36. The number of benzene rings is 3. The summed E-state index contributed by atoms with van der Waals surface area (Å²) in [5, 5.41) is 2.96. The summed E-state index contributed by atoms with van der Waals surface area (Å²) in [6.07, 6.45) is 0.429. The molecule has 4 rings (SSSR count). The van der Waals surface area contributed by atoms with E-state index in [4.69, 9.17) is 4.74 Å². The number of ether oxygens (including phenoxy) is 1. The van der Waals surface area contributed by atoms with E-state index in [1.807, 2.05) is 42.5 Å². The summed E-state index contributed by atoms with van der Waals surface area (Å²) in [5.74, 6) is -0.119. The van der Waals surface area contributed by atoms with Gasteiger partial charge in [0.2, 0.25) is 0 Å². The maximum absolute atomic E-state index is 13.3. The van der Waals surface area contributed by atoms with Gasteiger partial charge < -0.3 is 15.0 Å². The molecule has 0 fully saturated rings. The minimum absolute atomic E-state index is 0.0206. The number of hydrogen-bond acceptors (Lipinski definition) is 3. The lowest BCUT2D eigenvalue weighted by molar-refractivity contribution is 0.0935. The van der Waals surface area contributed by atoms with Crippen molar-refractivity contribution in [2.45, 2.75) is 12.5 Å². The topological polar surface area (TPSA) is 71.2 Å². The van der Waals surface area contributed by atoms with Crippen LogP contribution in [0.3, 0.4) is 0 Å². The van der Waals surface area contributed by atoms with Crippen molar-refractivity contribution in [3.8, 4) is 17.0 Å². The second-order valence-corrected chi connectivity index (χ2v) is 7.61. The second kappa shape index (κ2) is 9.96. The number of methoxy groups -OCH3 is 1. The van der Waals surface area contributed by atoms with E-state index in [0.717, 1.165) is 16.7 Å². The fourth-order valence-corrected chi connectivity index (χ4v) is 3.62. The van der Waals surface area contributed by atoms with Crippen molar-refractivity contribution in [2.75, 3.05) is 7.11 Å². The zero-order valence-electron chi connectivity index (χ0n) is 18.0. The summed E-state index contributed by atoms with van der Waals surface area (Å²) in [6, 6.07) is 25.7. The quantitative estimate of drug-likeness (QED) is 0.428. The standard InChI is InChI=1S/C27H23FN2O3/c1-33-22-13-9-20(10-14-22)25(17-18-7-11-21(28)12-8-18)30-27(32)23-15-16-24(29-26(23)31)19-5-3-2-4-6-19/h2-16,25H,17H2,1H3,(H,29,31)(H,30,32). The smallest absolute Gasteiger partial charge is 0.261 e. The van der Waals surface area contributed by atoms with Gasteiger partial charge in [-0.15, -0.1) is 0 Å². The normalized spacial score (nSPS) is 11.6. The molecule has 0 bridgehead atoms. The zero-order chi connectivity index (χ0) is 23.2. The first-order valence-corrected chi connectivity index (χ1v) is 10.5. The van der Waals surface area contributed by atoms with E-state index in [1.165, 1.54) is 18.2 Å². The van der Waals surface area contributed by atoms with Crippen LogP contribution in [0.2, 0.25) is 0 Å². The summed E-state index contributed by atoms with van der Waals surface area (Å²) < 4.78 is 18.6. The highest BCUT2D eigenvalue weighted by atomic mass is 19.1. The predicted molar refractivity (Wildman–Crippen MR) is 126 cm³/mol. The minimum Gasteiger partial charge on any atom is -0.497 e. The van der Waals surface area contributed by atoms with Gasteiger partial charge in [-0.2, -0.15) is 0 Å². The number of amides is 1. The monoisotopic (exact) mass is 442 g/mol. The van der Waals surface area contributed by atoms with Gasteiger partial charge >= 0.3 is 0 Å². The molecule has 1 aromatic heterocycles. The van der Waals surface area contributed by atoms with Crippen molar-refractivity contribution in [3.63, 3.8) is 0 Å². The average molecular weight is 442 g/mol. The predicted octanol–water partition coefficient (Wildman–Crippen LogP) is 4.90. The third-order valence-electron chi connectivity index (χ3n) is 5.42. The van der Waals surface area contributed by atoms with Crippen LogP contribution in [0.5, 0.6) is 5.75 Å². The Bertz CT molecular complexity index is 1280. The molecule has 0 radical (unpaired) electrons. The Balaban J connectivity index is 1.60. The van der Waals surface area contributed by atoms with Gasteiger partial charge in [-0.3, -0.25) is 9.59 Å². The molecule has 1 atom stereocenters. The number of H-pyrrole nitrogens is 1. The molecule has 3 aromatic carbocycles. The van der Waals surface area contributed by atoms with Crippen molar-refractivity contribution < 1.29 is 13.9 Å². The number of carbonyl (C=O) groups is 1. The van der Waals surface area contributed by atoms with Crippen LogP contribution < -0.4 is 15.6 Å². The second-order valence-electron chi connectivity index (χ2n) is 7.61. The molecular weight excluding hydrogens is 419 g/mol. The first-order chi connectivity index (χ1) is 16.0.